The summed E-state index contributed by atoms with van der Waals surface area (Å²) in [6.45, 7) is 4.49. The molecule has 0 unspecified atom stereocenters. The van der Waals surface area contributed by atoms with Crippen LogP contribution in [-0.4, -0.2) is 5.75 Å². The van der Waals surface area contributed by atoms with Gasteiger partial charge in [0.15, 0.2) is 0 Å². The maximum atomic E-state index is 3.08. The van der Waals surface area contributed by atoms with Gasteiger partial charge in [0.05, 0.1) is 22.9 Å². The summed E-state index contributed by atoms with van der Waals surface area (Å²) >= 11 is 4.06. The molecule has 0 heterocycles. The fourth-order valence-corrected chi connectivity index (χ4v) is 2.09. The summed E-state index contributed by atoms with van der Waals surface area (Å²) < 4.78 is 3.08. The molecule has 0 aliphatic carbocycles. The molecule has 0 spiro atoms. The Hall–Kier alpha value is 0.1000. The molecule has 0 aromatic heterocycles. The second-order valence-electron chi connectivity index (χ2n) is 3.32. The van der Waals surface area contributed by atoms with E-state index in [1.54, 1.807) is 0 Å². The van der Waals surface area contributed by atoms with Gasteiger partial charge in [-0.25, -0.2) is 0 Å². The SMILES string of the molecule is CC(C)CSc1ccc(NI)cc1. The van der Waals surface area contributed by atoms with Crippen LogP contribution in [0.2, 0.25) is 0 Å². The van der Waals surface area contributed by atoms with E-state index < -0.39 is 0 Å². The average molecular weight is 307 g/mol. The predicted molar refractivity (Wildman–Crippen MR) is 69.6 cm³/mol. The Kier molecular flexibility index (Phi) is 4.94. The lowest BCUT2D eigenvalue weighted by Gasteiger charge is -2.04. The summed E-state index contributed by atoms with van der Waals surface area (Å²) in [5.41, 5.74) is 1.16. The van der Waals surface area contributed by atoms with E-state index in [2.05, 4.69) is 64.5 Å². The summed E-state index contributed by atoms with van der Waals surface area (Å²) in [7, 11) is 0. The van der Waals surface area contributed by atoms with Crippen LogP contribution < -0.4 is 3.53 Å². The topological polar surface area (TPSA) is 12.0 Å². The normalized spacial score (nSPS) is 10.5. The summed E-state index contributed by atoms with van der Waals surface area (Å²) in [5, 5.41) is 0. The van der Waals surface area contributed by atoms with Crippen molar-refractivity contribution in [3.05, 3.63) is 24.3 Å². The van der Waals surface area contributed by atoms with Crippen LogP contribution in [0, 0.1) is 5.92 Å². The molecule has 0 amide bonds. The van der Waals surface area contributed by atoms with E-state index >= 15 is 0 Å². The number of hydrogen-bond donors (Lipinski definition) is 1. The minimum atomic E-state index is 0.757. The van der Waals surface area contributed by atoms with Crippen LogP contribution in [-0.2, 0) is 0 Å². The average Bonchev–Trinajstić information content (AvgIpc) is 2.15. The molecule has 1 aromatic rings. The van der Waals surface area contributed by atoms with E-state index in [1.165, 1.54) is 10.6 Å². The lowest BCUT2D eigenvalue weighted by atomic mass is 10.3. The first-order chi connectivity index (χ1) is 6.22. The molecule has 0 radical (unpaired) electrons. The van der Waals surface area contributed by atoms with E-state index in [0.717, 1.165) is 11.6 Å². The van der Waals surface area contributed by atoms with Crippen LogP contribution in [0.15, 0.2) is 29.2 Å². The van der Waals surface area contributed by atoms with Gasteiger partial charge in [0.1, 0.15) is 0 Å². The second-order valence-corrected chi connectivity index (χ2v) is 4.96. The van der Waals surface area contributed by atoms with Gasteiger partial charge in [-0.3, -0.25) is 0 Å². The summed E-state index contributed by atoms with van der Waals surface area (Å²) in [6, 6.07) is 8.53. The molecular weight excluding hydrogens is 293 g/mol. The Bertz CT molecular complexity index is 246. The lowest BCUT2D eigenvalue weighted by Crippen LogP contribution is -1.89. The van der Waals surface area contributed by atoms with E-state index in [1.807, 2.05) is 11.8 Å². The van der Waals surface area contributed by atoms with Crippen molar-refractivity contribution in [3.8, 4) is 0 Å². The van der Waals surface area contributed by atoms with E-state index in [9.17, 15) is 0 Å². The molecule has 0 saturated carbocycles. The molecule has 13 heavy (non-hydrogen) atoms. The van der Waals surface area contributed by atoms with E-state index in [-0.39, 0.29) is 0 Å². The molecular formula is C10H14INS. The van der Waals surface area contributed by atoms with E-state index in [0.29, 0.717) is 0 Å². The lowest BCUT2D eigenvalue weighted by molar-refractivity contribution is 0.750. The predicted octanol–water partition coefficient (Wildman–Crippen LogP) is 4.20. The van der Waals surface area contributed by atoms with Crippen molar-refractivity contribution < 1.29 is 0 Å². The zero-order valence-electron chi connectivity index (χ0n) is 7.88. The van der Waals surface area contributed by atoms with Gasteiger partial charge in [0.2, 0.25) is 0 Å². The first-order valence-electron chi connectivity index (χ1n) is 4.32. The van der Waals surface area contributed by atoms with Crippen LogP contribution in [0.4, 0.5) is 5.69 Å². The number of nitrogens with one attached hydrogen (secondary N) is 1. The van der Waals surface area contributed by atoms with Crippen molar-refractivity contribution in [1.29, 1.82) is 0 Å². The van der Waals surface area contributed by atoms with Gasteiger partial charge in [-0.2, -0.15) is 0 Å². The van der Waals surface area contributed by atoms with Crippen LogP contribution in [0.5, 0.6) is 0 Å². The van der Waals surface area contributed by atoms with Gasteiger partial charge in [-0.15, -0.1) is 11.8 Å². The molecule has 0 aliphatic rings. The Morgan fingerprint density at radius 3 is 2.38 bits per heavy atom. The van der Waals surface area contributed by atoms with Gasteiger partial charge in [0.25, 0.3) is 0 Å². The molecule has 0 atom stereocenters. The smallest absolute Gasteiger partial charge is 0.0560 e. The summed E-state index contributed by atoms with van der Waals surface area (Å²) in [5.74, 6) is 1.95. The molecule has 1 nitrogen and oxygen atoms in total. The molecule has 1 rings (SSSR count). The fraction of sp³-hybridized carbons (Fsp3) is 0.400. The van der Waals surface area contributed by atoms with Crippen molar-refractivity contribution in [1.82, 2.24) is 0 Å². The highest BCUT2D eigenvalue weighted by molar-refractivity contribution is 14.1. The molecule has 72 valence electrons. The number of halogens is 1. The highest BCUT2D eigenvalue weighted by Crippen LogP contribution is 2.22. The third-order valence-electron chi connectivity index (χ3n) is 1.55. The van der Waals surface area contributed by atoms with Crippen molar-refractivity contribution in [3.63, 3.8) is 0 Å². The highest BCUT2D eigenvalue weighted by atomic mass is 127. The van der Waals surface area contributed by atoms with Crippen molar-refractivity contribution in [2.75, 3.05) is 9.28 Å². The Balaban J connectivity index is 2.49. The largest absolute Gasteiger partial charge is 0.328 e. The first kappa shape index (κ1) is 11.2. The zero-order chi connectivity index (χ0) is 9.68. The molecule has 0 saturated heterocycles. The van der Waals surface area contributed by atoms with Crippen molar-refractivity contribution in [2.24, 2.45) is 5.92 Å². The molecule has 0 fully saturated rings. The van der Waals surface area contributed by atoms with E-state index in [4.69, 9.17) is 0 Å². The monoisotopic (exact) mass is 307 g/mol. The number of rotatable bonds is 4. The van der Waals surface area contributed by atoms with Gasteiger partial charge in [0, 0.05) is 16.3 Å². The maximum absolute atomic E-state index is 3.08. The van der Waals surface area contributed by atoms with Crippen LogP contribution in [0.25, 0.3) is 0 Å². The van der Waals surface area contributed by atoms with Crippen molar-refractivity contribution >= 4 is 40.3 Å². The quantitative estimate of drug-likeness (QED) is 0.508. The molecule has 1 aromatic carbocycles. The van der Waals surface area contributed by atoms with Crippen LogP contribution in [0.3, 0.4) is 0 Å². The van der Waals surface area contributed by atoms with Gasteiger partial charge in [-0.05, 0) is 30.2 Å². The number of anilines is 1. The number of benzene rings is 1. The maximum Gasteiger partial charge on any atom is 0.0560 e. The van der Waals surface area contributed by atoms with Gasteiger partial charge in [-0.1, -0.05) is 13.8 Å². The Labute approximate surface area is 98.2 Å². The van der Waals surface area contributed by atoms with Crippen molar-refractivity contribution in [2.45, 2.75) is 18.7 Å². The summed E-state index contributed by atoms with van der Waals surface area (Å²) in [6.07, 6.45) is 0. The minimum Gasteiger partial charge on any atom is -0.328 e. The van der Waals surface area contributed by atoms with Crippen LogP contribution >= 0.6 is 34.6 Å². The molecule has 0 aliphatic heterocycles. The first-order valence-corrected chi connectivity index (χ1v) is 6.38. The molecule has 0 bridgehead atoms. The van der Waals surface area contributed by atoms with Gasteiger partial charge < -0.3 is 3.53 Å². The zero-order valence-corrected chi connectivity index (χ0v) is 10.9. The summed E-state index contributed by atoms with van der Waals surface area (Å²) in [4.78, 5) is 1.35. The highest BCUT2D eigenvalue weighted by Gasteiger charge is 1.97. The Morgan fingerprint density at radius 2 is 1.92 bits per heavy atom. The number of hydrogen-bond acceptors (Lipinski definition) is 2. The Morgan fingerprint density at radius 1 is 1.31 bits per heavy atom. The second kappa shape index (κ2) is 5.75. The fourth-order valence-electron chi connectivity index (χ4n) is 0.877. The van der Waals surface area contributed by atoms with Gasteiger partial charge >= 0.3 is 0 Å². The third-order valence-corrected chi connectivity index (χ3v) is 3.61. The molecule has 1 N–H and O–H groups in total. The van der Waals surface area contributed by atoms with Crippen LogP contribution in [0.1, 0.15) is 13.8 Å². The third kappa shape index (κ3) is 4.22. The number of thioether (sulfide) groups is 1. The molecule has 3 heteroatoms. The minimum absolute atomic E-state index is 0.757. The standard InChI is InChI=1S/C10H14INS/c1-8(2)7-13-10-5-3-9(12-11)4-6-10/h3-6,8,12H,7H2,1-2H3.